The van der Waals surface area contributed by atoms with Gasteiger partial charge in [0.25, 0.3) is 0 Å². The van der Waals surface area contributed by atoms with Crippen LogP contribution in [0.3, 0.4) is 0 Å². The predicted molar refractivity (Wildman–Crippen MR) is 71.3 cm³/mol. The van der Waals surface area contributed by atoms with Gasteiger partial charge < -0.3 is 4.74 Å². The lowest BCUT2D eigenvalue weighted by atomic mass is 9.78. The Bertz CT molecular complexity index is 419. The number of esters is 1. The van der Waals surface area contributed by atoms with Gasteiger partial charge in [-0.3, -0.25) is 4.79 Å². The molecular formula is C12H16BrNO2S. The van der Waals surface area contributed by atoms with Crippen LogP contribution in [-0.4, -0.2) is 18.1 Å². The number of thiazole rings is 1. The van der Waals surface area contributed by atoms with Gasteiger partial charge in [-0.15, -0.1) is 11.3 Å². The third kappa shape index (κ3) is 2.71. The van der Waals surface area contributed by atoms with E-state index in [1.165, 1.54) is 13.5 Å². The van der Waals surface area contributed by atoms with E-state index in [9.17, 15) is 4.79 Å². The molecular weight excluding hydrogens is 302 g/mol. The number of ether oxygens (including phenoxy) is 1. The van der Waals surface area contributed by atoms with Crippen LogP contribution < -0.4 is 0 Å². The molecule has 0 amide bonds. The molecule has 2 rings (SSSR count). The normalized spacial score (nSPS) is 24.6. The van der Waals surface area contributed by atoms with Crippen LogP contribution in [-0.2, 0) is 9.53 Å². The lowest BCUT2D eigenvalue weighted by Gasteiger charge is -2.28. The molecule has 0 N–H and O–H groups in total. The van der Waals surface area contributed by atoms with E-state index in [1.807, 2.05) is 6.92 Å². The van der Waals surface area contributed by atoms with Crippen LogP contribution >= 0.6 is 27.3 Å². The number of hydrogen-bond acceptors (Lipinski definition) is 4. The van der Waals surface area contributed by atoms with Crippen LogP contribution in [0.25, 0.3) is 0 Å². The molecule has 1 aromatic rings. The maximum Gasteiger partial charge on any atom is 0.309 e. The van der Waals surface area contributed by atoms with Crippen molar-refractivity contribution < 1.29 is 9.53 Å². The largest absolute Gasteiger partial charge is 0.469 e. The predicted octanol–water partition coefficient (Wildman–Crippen LogP) is 3.66. The van der Waals surface area contributed by atoms with E-state index >= 15 is 0 Å². The molecule has 0 radical (unpaired) electrons. The fourth-order valence-corrected chi connectivity index (χ4v) is 4.33. The molecule has 1 aromatic heterocycles. The molecule has 0 aliphatic heterocycles. The monoisotopic (exact) mass is 317 g/mol. The first-order valence-corrected chi connectivity index (χ1v) is 7.45. The number of carbonyl (C=O) groups excluding carboxylic acids is 1. The van der Waals surface area contributed by atoms with Crippen molar-refractivity contribution in [2.75, 3.05) is 7.11 Å². The first-order valence-electron chi connectivity index (χ1n) is 5.84. The van der Waals surface area contributed by atoms with Crippen molar-refractivity contribution in [3.05, 3.63) is 14.5 Å². The van der Waals surface area contributed by atoms with Crippen LogP contribution in [0.4, 0.5) is 0 Å². The molecule has 1 fully saturated rings. The molecule has 5 heteroatoms. The average molecular weight is 318 g/mol. The van der Waals surface area contributed by atoms with Crippen molar-refractivity contribution in [3.63, 3.8) is 0 Å². The number of rotatable bonds is 2. The van der Waals surface area contributed by atoms with Crippen molar-refractivity contribution in [3.8, 4) is 0 Å². The topological polar surface area (TPSA) is 39.2 Å². The van der Waals surface area contributed by atoms with Gasteiger partial charge in [-0.25, -0.2) is 4.98 Å². The SMILES string of the molecule is COC(=O)C1CCCCC1c1nc(C)sc1Br. The second kappa shape index (κ2) is 5.48. The fourth-order valence-electron chi connectivity index (χ4n) is 2.54. The van der Waals surface area contributed by atoms with Gasteiger partial charge in [0, 0.05) is 5.92 Å². The van der Waals surface area contributed by atoms with Gasteiger partial charge in [0.05, 0.1) is 27.5 Å². The molecule has 2 unspecified atom stereocenters. The van der Waals surface area contributed by atoms with Crippen molar-refractivity contribution in [2.45, 2.75) is 38.5 Å². The maximum atomic E-state index is 11.8. The Morgan fingerprint density at radius 2 is 2.18 bits per heavy atom. The first kappa shape index (κ1) is 13.0. The number of carbonyl (C=O) groups is 1. The second-order valence-corrected chi connectivity index (χ2v) is 6.93. The number of hydrogen-bond donors (Lipinski definition) is 0. The summed E-state index contributed by atoms with van der Waals surface area (Å²) in [5.74, 6) is 0.106. The number of methoxy groups -OCH3 is 1. The molecule has 1 saturated carbocycles. The van der Waals surface area contributed by atoms with Crippen LogP contribution in [0, 0.1) is 12.8 Å². The van der Waals surface area contributed by atoms with Gasteiger partial charge in [-0.1, -0.05) is 12.8 Å². The van der Waals surface area contributed by atoms with Crippen molar-refractivity contribution in [1.29, 1.82) is 0 Å². The third-order valence-corrected chi connectivity index (χ3v) is 5.00. The van der Waals surface area contributed by atoms with Crippen molar-refractivity contribution in [2.24, 2.45) is 5.92 Å². The summed E-state index contributed by atoms with van der Waals surface area (Å²) in [6.07, 6.45) is 4.22. The van der Waals surface area contributed by atoms with Crippen LogP contribution in [0.2, 0.25) is 0 Å². The third-order valence-electron chi connectivity index (χ3n) is 3.34. The quantitative estimate of drug-likeness (QED) is 0.781. The molecule has 2 atom stereocenters. The highest BCUT2D eigenvalue weighted by molar-refractivity contribution is 9.11. The van der Waals surface area contributed by atoms with E-state index < -0.39 is 0 Å². The van der Waals surface area contributed by atoms with Gasteiger partial charge in [0.1, 0.15) is 0 Å². The number of halogens is 1. The standard InChI is InChI=1S/C12H16BrNO2S/c1-7-14-10(11(13)17-7)8-5-3-4-6-9(8)12(15)16-2/h8-9H,3-6H2,1-2H3. The molecule has 0 bridgehead atoms. The Kier molecular flexibility index (Phi) is 4.20. The Morgan fingerprint density at radius 1 is 1.47 bits per heavy atom. The highest BCUT2D eigenvalue weighted by Gasteiger charge is 2.35. The van der Waals surface area contributed by atoms with Crippen LogP contribution in [0.5, 0.6) is 0 Å². The second-order valence-electron chi connectivity index (χ2n) is 4.41. The average Bonchev–Trinajstić information content (AvgIpc) is 2.67. The van der Waals surface area contributed by atoms with Crippen molar-refractivity contribution >= 4 is 33.2 Å². The highest BCUT2D eigenvalue weighted by atomic mass is 79.9. The van der Waals surface area contributed by atoms with Gasteiger partial charge in [0.15, 0.2) is 0 Å². The Hall–Kier alpha value is -0.420. The summed E-state index contributed by atoms with van der Waals surface area (Å²) in [6.45, 7) is 1.99. The first-order chi connectivity index (χ1) is 8.13. The summed E-state index contributed by atoms with van der Waals surface area (Å²) in [7, 11) is 1.47. The molecule has 94 valence electrons. The van der Waals surface area contributed by atoms with Gasteiger partial charge in [-0.05, 0) is 35.7 Å². The molecule has 1 aliphatic carbocycles. The summed E-state index contributed by atoms with van der Waals surface area (Å²) in [5, 5.41) is 1.04. The zero-order valence-corrected chi connectivity index (χ0v) is 12.4. The van der Waals surface area contributed by atoms with Crippen LogP contribution in [0.15, 0.2) is 3.79 Å². The summed E-state index contributed by atoms with van der Waals surface area (Å²) in [6, 6.07) is 0. The molecule has 0 aromatic carbocycles. The smallest absolute Gasteiger partial charge is 0.309 e. The number of aryl methyl sites for hydroxylation is 1. The number of nitrogens with zero attached hydrogens (tertiary/aromatic N) is 1. The number of aromatic nitrogens is 1. The van der Waals surface area contributed by atoms with Gasteiger partial charge in [-0.2, -0.15) is 0 Å². The van der Waals surface area contributed by atoms with E-state index in [-0.39, 0.29) is 17.8 Å². The van der Waals surface area contributed by atoms with Gasteiger partial charge in [0.2, 0.25) is 0 Å². The summed E-state index contributed by atoms with van der Waals surface area (Å²) in [4.78, 5) is 16.4. The lowest BCUT2D eigenvalue weighted by molar-refractivity contribution is -0.147. The van der Waals surface area contributed by atoms with Crippen LogP contribution in [0.1, 0.15) is 42.3 Å². The van der Waals surface area contributed by atoms with E-state index in [4.69, 9.17) is 4.74 Å². The van der Waals surface area contributed by atoms with Gasteiger partial charge >= 0.3 is 5.97 Å². The molecule has 0 spiro atoms. The summed E-state index contributed by atoms with van der Waals surface area (Å²) in [5.41, 5.74) is 1.04. The molecule has 0 saturated heterocycles. The lowest BCUT2D eigenvalue weighted by Crippen LogP contribution is -2.27. The maximum absolute atomic E-state index is 11.8. The Balaban J connectivity index is 2.27. The highest BCUT2D eigenvalue weighted by Crippen LogP contribution is 2.42. The zero-order valence-electron chi connectivity index (χ0n) is 10.0. The summed E-state index contributed by atoms with van der Waals surface area (Å²) >= 11 is 5.19. The molecule has 1 heterocycles. The Labute approximate surface area is 114 Å². The van der Waals surface area contributed by atoms with E-state index in [1.54, 1.807) is 11.3 Å². The zero-order chi connectivity index (χ0) is 12.4. The van der Waals surface area contributed by atoms with E-state index in [0.717, 1.165) is 33.8 Å². The van der Waals surface area contributed by atoms with Crippen molar-refractivity contribution in [1.82, 2.24) is 4.98 Å². The molecule has 3 nitrogen and oxygen atoms in total. The molecule has 17 heavy (non-hydrogen) atoms. The summed E-state index contributed by atoms with van der Waals surface area (Å²) < 4.78 is 5.98. The minimum Gasteiger partial charge on any atom is -0.469 e. The van der Waals surface area contributed by atoms with E-state index in [0.29, 0.717) is 0 Å². The fraction of sp³-hybridized carbons (Fsp3) is 0.667. The minimum absolute atomic E-state index is 0.0217. The minimum atomic E-state index is -0.0905. The molecule has 1 aliphatic rings. The van der Waals surface area contributed by atoms with E-state index in [2.05, 4.69) is 20.9 Å². The Morgan fingerprint density at radius 3 is 2.76 bits per heavy atom.